The van der Waals surface area contributed by atoms with E-state index in [-0.39, 0.29) is 25.5 Å². The molecule has 24 heavy (non-hydrogen) atoms. The first-order chi connectivity index (χ1) is 11.4. The van der Waals surface area contributed by atoms with Gasteiger partial charge in [-0.25, -0.2) is 4.79 Å². The van der Waals surface area contributed by atoms with Crippen LogP contribution in [-0.2, 0) is 20.9 Å². The minimum Gasteiger partial charge on any atom is -0.469 e. The van der Waals surface area contributed by atoms with Gasteiger partial charge in [-0.3, -0.25) is 19.8 Å². The number of nitrogens with one attached hydrogen (secondary N) is 2. The first-order valence-electron chi connectivity index (χ1n) is 7.80. The minimum absolute atomic E-state index is 0.0311. The van der Waals surface area contributed by atoms with E-state index in [0.717, 1.165) is 0 Å². The van der Waals surface area contributed by atoms with Gasteiger partial charge in [0, 0.05) is 13.1 Å². The van der Waals surface area contributed by atoms with Crippen LogP contribution in [0.5, 0.6) is 0 Å². The lowest BCUT2D eigenvalue weighted by molar-refractivity contribution is -0.141. The maximum atomic E-state index is 12.0. The van der Waals surface area contributed by atoms with Gasteiger partial charge in [-0.1, -0.05) is 13.8 Å². The van der Waals surface area contributed by atoms with E-state index in [2.05, 4.69) is 15.4 Å². The molecule has 1 aromatic rings. The molecule has 1 heterocycles. The zero-order valence-electron chi connectivity index (χ0n) is 14.3. The van der Waals surface area contributed by atoms with Crippen LogP contribution in [0.25, 0.3) is 0 Å². The molecule has 2 N–H and O–H groups in total. The number of urea groups is 1. The molecule has 3 amide bonds. The van der Waals surface area contributed by atoms with Gasteiger partial charge in [-0.05, 0) is 18.1 Å². The lowest BCUT2D eigenvalue weighted by Crippen LogP contribution is -2.45. The molecule has 8 heteroatoms. The van der Waals surface area contributed by atoms with Gasteiger partial charge in [-0.2, -0.15) is 0 Å². The highest BCUT2D eigenvalue weighted by Gasteiger charge is 2.16. The van der Waals surface area contributed by atoms with Crippen molar-refractivity contribution in [2.45, 2.75) is 26.8 Å². The Morgan fingerprint density at radius 1 is 1.33 bits per heavy atom. The number of nitrogens with zero attached hydrogens (tertiary/aromatic N) is 1. The average Bonchev–Trinajstić information content (AvgIpc) is 3.03. The van der Waals surface area contributed by atoms with E-state index < -0.39 is 11.9 Å². The standard InChI is InChI=1S/C16H25N3O5/c1-12(2)10-19(7-6-15(21)23-3)11-14(20)18-16(22)17-9-13-5-4-8-24-13/h4-5,8,12H,6-7,9-11H2,1-3H3,(H2,17,18,20,22). The monoisotopic (exact) mass is 339 g/mol. The van der Waals surface area contributed by atoms with E-state index >= 15 is 0 Å². The Labute approximate surface area is 141 Å². The van der Waals surface area contributed by atoms with Crippen LogP contribution < -0.4 is 10.6 Å². The second-order valence-corrected chi connectivity index (χ2v) is 5.77. The molecule has 0 aliphatic carbocycles. The third-order valence-corrected chi connectivity index (χ3v) is 3.11. The predicted molar refractivity (Wildman–Crippen MR) is 87.0 cm³/mol. The van der Waals surface area contributed by atoms with Crippen LogP contribution in [0.4, 0.5) is 4.79 Å². The van der Waals surface area contributed by atoms with Crippen molar-refractivity contribution in [2.24, 2.45) is 5.92 Å². The van der Waals surface area contributed by atoms with Crippen molar-refractivity contribution in [3.8, 4) is 0 Å². The van der Waals surface area contributed by atoms with Crippen molar-refractivity contribution in [1.82, 2.24) is 15.5 Å². The Kier molecular flexibility index (Phi) is 8.56. The van der Waals surface area contributed by atoms with E-state index in [4.69, 9.17) is 4.42 Å². The zero-order chi connectivity index (χ0) is 17.9. The number of furan rings is 1. The molecule has 1 rings (SSSR count). The Balaban J connectivity index is 2.38. The van der Waals surface area contributed by atoms with Gasteiger partial charge >= 0.3 is 12.0 Å². The summed E-state index contributed by atoms with van der Waals surface area (Å²) in [5, 5.41) is 4.79. The first-order valence-corrected chi connectivity index (χ1v) is 7.80. The van der Waals surface area contributed by atoms with Crippen molar-refractivity contribution < 1.29 is 23.5 Å². The fraction of sp³-hybridized carbons (Fsp3) is 0.562. The van der Waals surface area contributed by atoms with Gasteiger partial charge in [0.2, 0.25) is 5.91 Å². The van der Waals surface area contributed by atoms with Gasteiger partial charge in [0.25, 0.3) is 0 Å². The summed E-state index contributed by atoms with van der Waals surface area (Å²) in [5.41, 5.74) is 0. The van der Waals surface area contributed by atoms with Gasteiger partial charge in [0.1, 0.15) is 5.76 Å². The lowest BCUT2D eigenvalue weighted by atomic mass is 10.2. The van der Waals surface area contributed by atoms with E-state index in [1.165, 1.54) is 13.4 Å². The van der Waals surface area contributed by atoms with Crippen LogP contribution in [-0.4, -0.2) is 49.6 Å². The number of rotatable bonds is 9. The number of carbonyl (C=O) groups excluding carboxylic acids is 3. The molecule has 0 aliphatic heterocycles. The average molecular weight is 339 g/mol. The van der Waals surface area contributed by atoms with Crippen molar-refractivity contribution in [3.05, 3.63) is 24.2 Å². The number of hydrogen-bond acceptors (Lipinski definition) is 6. The zero-order valence-corrected chi connectivity index (χ0v) is 14.3. The molecule has 0 unspecified atom stereocenters. The number of esters is 1. The summed E-state index contributed by atoms with van der Waals surface area (Å²) in [6, 6.07) is 2.85. The fourth-order valence-electron chi connectivity index (χ4n) is 2.10. The van der Waals surface area contributed by atoms with E-state index in [9.17, 15) is 14.4 Å². The number of hydrogen-bond donors (Lipinski definition) is 2. The molecular formula is C16H25N3O5. The molecule has 0 bridgehead atoms. The number of ether oxygens (including phenoxy) is 1. The quantitative estimate of drug-likeness (QED) is 0.654. The smallest absolute Gasteiger partial charge is 0.321 e. The van der Waals surface area contributed by atoms with Gasteiger partial charge in [-0.15, -0.1) is 0 Å². The molecular weight excluding hydrogens is 314 g/mol. The molecule has 134 valence electrons. The highest BCUT2D eigenvalue weighted by Crippen LogP contribution is 2.01. The molecule has 8 nitrogen and oxygen atoms in total. The second kappa shape index (κ2) is 10.4. The van der Waals surface area contributed by atoms with Crippen molar-refractivity contribution in [3.63, 3.8) is 0 Å². The second-order valence-electron chi connectivity index (χ2n) is 5.77. The molecule has 0 fully saturated rings. The summed E-state index contributed by atoms with van der Waals surface area (Å²) in [6.07, 6.45) is 1.70. The Hall–Kier alpha value is -2.35. The summed E-state index contributed by atoms with van der Waals surface area (Å²) in [7, 11) is 1.32. The number of carbonyl (C=O) groups is 3. The molecule has 0 saturated heterocycles. The molecule has 0 spiro atoms. The molecule has 0 saturated carbocycles. The molecule has 0 atom stereocenters. The largest absolute Gasteiger partial charge is 0.469 e. The third-order valence-electron chi connectivity index (χ3n) is 3.11. The normalized spacial score (nSPS) is 10.7. The maximum absolute atomic E-state index is 12.0. The molecule has 0 radical (unpaired) electrons. The van der Waals surface area contributed by atoms with Crippen LogP contribution in [0.1, 0.15) is 26.0 Å². The summed E-state index contributed by atoms with van der Waals surface area (Å²) < 4.78 is 9.69. The highest BCUT2D eigenvalue weighted by atomic mass is 16.5. The minimum atomic E-state index is -0.589. The van der Waals surface area contributed by atoms with E-state index in [1.807, 2.05) is 18.7 Å². The SMILES string of the molecule is COC(=O)CCN(CC(=O)NC(=O)NCc1ccco1)CC(C)C. The Bertz CT molecular complexity index is 528. The molecule has 0 aliphatic rings. The van der Waals surface area contributed by atoms with Crippen LogP contribution in [0.3, 0.4) is 0 Å². The molecule has 1 aromatic heterocycles. The van der Waals surface area contributed by atoms with Crippen molar-refractivity contribution in [2.75, 3.05) is 26.7 Å². The van der Waals surface area contributed by atoms with Gasteiger partial charge in [0.05, 0.1) is 32.9 Å². The third kappa shape index (κ3) is 8.33. The van der Waals surface area contributed by atoms with Crippen LogP contribution >= 0.6 is 0 Å². The Morgan fingerprint density at radius 3 is 2.67 bits per heavy atom. The lowest BCUT2D eigenvalue weighted by Gasteiger charge is -2.23. The summed E-state index contributed by atoms with van der Waals surface area (Å²) >= 11 is 0. The number of amides is 3. The van der Waals surface area contributed by atoms with Crippen molar-refractivity contribution >= 4 is 17.9 Å². The first kappa shape index (κ1) is 19.7. The maximum Gasteiger partial charge on any atom is 0.321 e. The highest BCUT2D eigenvalue weighted by molar-refractivity contribution is 5.95. The summed E-state index contributed by atoms with van der Waals surface area (Å²) in [5.74, 6) is 0.151. The van der Waals surface area contributed by atoms with Crippen molar-refractivity contribution in [1.29, 1.82) is 0 Å². The van der Waals surface area contributed by atoms with Gasteiger partial charge in [0.15, 0.2) is 0 Å². The van der Waals surface area contributed by atoms with Crippen LogP contribution in [0.15, 0.2) is 22.8 Å². The van der Waals surface area contributed by atoms with E-state index in [1.54, 1.807) is 12.1 Å². The predicted octanol–water partition coefficient (Wildman–Crippen LogP) is 1.13. The van der Waals surface area contributed by atoms with Crippen LogP contribution in [0.2, 0.25) is 0 Å². The molecule has 0 aromatic carbocycles. The summed E-state index contributed by atoms with van der Waals surface area (Å²) in [4.78, 5) is 36.7. The van der Waals surface area contributed by atoms with E-state index in [0.29, 0.717) is 24.8 Å². The van der Waals surface area contributed by atoms with Gasteiger partial charge < -0.3 is 14.5 Å². The summed E-state index contributed by atoms with van der Waals surface area (Å²) in [6.45, 7) is 5.29. The fourth-order valence-corrected chi connectivity index (χ4v) is 2.10. The topological polar surface area (TPSA) is 101 Å². The van der Waals surface area contributed by atoms with Crippen LogP contribution in [0, 0.1) is 5.92 Å². The Morgan fingerprint density at radius 2 is 2.08 bits per heavy atom. The number of imide groups is 1. The number of methoxy groups -OCH3 is 1.